The van der Waals surface area contributed by atoms with Gasteiger partial charge in [-0.25, -0.2) is 6.29 Å². The molecule has 0 aliphatic carbocycles. The first kappa shape index (κ1) is 10.7. The molecule has 0 saturated heterocycles. The van der Waals surface area contributed by atoms with E-state index in [0.717, 1.165) is 6.92 Å². The maximum absolute atomic E-state index is 8.97. The third kappa shape index (κ3) is 3340. The maximum Gasteiger partial charge on any atom is -0.0937 e. The van der Waals surface area contributed by atoms with Crippen molar-refractivity contribution in [3.8, 4) is 0 Å². The molecule has 0 atom stereocenters. The molecule has 0 unspecified atom stereocenters. The Morgan fingerprint density at radius 3 is 0.875 bits per heavy atom. The summed E-state index contributed by atoms with van der Waals surface area (Å²) in [6.45, 7) is -1.86. The molecule has 0 aromatic carbocycles. The van der Waals surface area contributed by atoms with Crippen LogP contribution in [0.2, 0.25) is 0 Å². The van der Waals surface area contributed by atoms with E-state index in [1.165, 1.54) is 0 Å². The second-order valence-electron chi connectivity index (χ2n) is 0.856. The highest BCUT2D eigenvalue weighted by molar-refractivity contribution is 3.94. The van der Waals surface area contributed by atoms with E-state index in [0.29, 0.717) is 0 Å². The van der Waals surface area contributed by atoms with Crippen molar-refractivity contribution < 1.29 is 25.5 Å². The fourth-order valence-electron chi connectivity index (χ4n) is 0. The maximum atomic E-state index is 8.97. The van der Waals surface area contributed by atoms with E-state index in [4.69, 9.17) is 25.5 Å². The van der Waals surface area contributed by atoms with Gasteiger partial charge in [0.15, 0.2) is 0 Å². The molecule has 0 aliphatic heterocycles. The van der Waals surface area contributed by atoms with Crippen molar-refractivity contribution in [2.45, 2.75) is 19.7 Å². The summed E-state index contributed by atoms with van der Waals surface area (Å²) in [5.74, 6) is 0. The van der Waals surface area contributed by atoms with Crippen LogP contribution in [0, 0.1) is 0 Å². The van der Waals surface area contributed by atoms with Gasteiger partial charge in [-0.05, 0) is 0 Å². The van der Waals surface area contributed by atoms with E-state index in [1.54, 1.807) is 0 Å². The Balaban J connectivity index is 0. The summed E-state index contributed by atoms with van der Waals surface area (Å²) in [7, 11) is 0. The summed E-state index contributed by atoms with van der Waals surface area (Å²) < 4.78 is 0. The first-order valence-corrected chi connectivity index (χ1v) is 1.76. The van der Waals surface area contributed by atoms with Gasteiger partial charge in [0.2, 0.25) is 0 Å². The minimum absolute atomic E-state index is 1.06. The minimum atomic E-state index is -2.92. The van der Waals surface area contributed by atoms with Crippen LogP contribution in [-0.2, 0) is 0 Å². The van der Waals surface area contributed by atoms with Gasteiger partial charge >= 0.3 is 0 Å². The molecular formula is C3H5O5-5. The first-order valence-electron chi connectivity index (χ1n) is 1.76. The van der Waals surface area contributed by atoms with E-state index in [2.05, 4.69) is 0 Å². The van der Waals surface area contributed by atoms with Gasteiger partial charge in [0.1, 0.15) is 0 Å². The lowest BCUT2D eigenvalue weighted by Crippen LogP contribution is -2.50. The summed E-state index contributed by atoms with van der Waals surface area (Å²) >= 11 is 0. The molecule has 0 fully saturated rings. The number of hydrogen-bond donors (Lipinski definition) is 0. The van der Waals surface area contributed by atoms with Gasteiger partial charge in [0.25, 0.3) is 0 Å². The quantitative estimate of drug-likeness (QED) is 0.296. The summed E-state index contributed by atoms with van der Waals surface area (Å²) in [4.78, 5) is 0. The van der Waals surface area contributed by atoms with Crippen molar-refractivity contribution in [2.24, 2.45) is 0 Å². The summed E-state index contributed by atoms with van der Waals surface area (Å²) in [6.07, 6.45) is -1.67. The van der Waals surface area contributed by atoms with Crippen LogP contribution in [0.25, 0.3) is 0 Å². The second kappa shape index (κ2) is 6.80. The molecular weight excluding hydrogens is 116 g/mol. The van der Waals surface area contributed by atoms with Crippen LogP contribution in [0.15, 0.2) is 0 Å². The van der Waals surface area contributed by atoms with Gasteiger partial charge in [-0.1, -0.05) is 6.92 Å². The lowest BCUT2D eigenvalue weighted by atomic mass is 10.8. The summed E-state index contributed by atoms with van der Waals surface area (Å²) in [6, 6.07) is 0. The molecule has 0 aromatic rings. The lowest BCUT2D eigenvalue weighted by molar-refractivity contribution is -0.838. The topological polar surface area (TPSA) is 115 Å². The number of rotatable bonds is 0. The van der Waals surface area contributed by atoms with Crippen molar-refractivity contribution >= 4 is 0 Å². The van der Waals surface area contributed by atoms with Gasteiger partial charge in [0.05, 0.1) is 0 Å². The molecule has 52 valence electrons. The average Bonchev–Trinajstić information content (AvgIpc) is 1.25. The first-order chi connectivity index (χ1) is 3.46. The van der Waals surface area contributed by atoms with Crippen LogP contribution in [0.4, 0.5) is 0 Å². The van der Waals surface area contributed by atoms with Crippen molar-refractivity contribution in [2.75, 3.05) is 0 Å². The zero-order chi connectivity index (χ0) is 7.15. The number of hydrogen-bond acceptors (Lipinski definition) is 5. The second-order valence-corrected chi connectivity index (χ2v) is 0.856. The Morgan fingerprint density at radius 2 is 0.875 bits per heavy atom. The van der Waals surface area contributed by atoms with Crippen LogP contribution in [0.3, 0.4) is 0 Å². The Kier molecular flexibility index (Phi) is 9.11. The Bertz CT molecular complexity index is 23.1. The SMILES string of the molecule is CC([O-])[O-].[O-]C([O-])[O-]. The average molecular weight is 121 g/mol. The Labute approximate surface area is 46.4 Å². The molecule has 0 radical (unpaired) electrons. The van der Waals surface area contributed by atoms with E-state index in [1.807, 2.05) is 0 Å². The largest absolute Gasteiger partial charge is 0.879 e. The predicted octanol–water partition coefficient (Wildman–Crippen LogP) is -5.60. The molecule has 0 heterocycles. The monoisotopic (exact) mass is 121 g/mol. The molecule has 0 N–H and O–H groups in total. The molecule has 0 aliphatic rings. The van der Waals surface area contributed by atoms with E-state index < -0.39 is 12.8 Å². The summed E-state index contributed by atoms with van der Waals surface area (Å²) in [5.41, 5.74) is 0. The van der Waals surface area contributed by atoms with Crippen LogP contribution in [0.1, 0.15) is 6.92 Å². The zero-order valence-electron chi connectivity index (χ0n) is 4.20. The van der Waals surface area contributed by atoms with Gasteiger partial charge in [-0.2, -0.15) is 0 Å². The van der Waals surface area contributed by atoms with E-state index in [9.17, 15) is 0 Å². The van der Waals surface area contributed by atoms with Crippen LogP contribution in [0.5, 0.6) is 0 Å². The van der Waals surface area contributed by atoms with Crippen molar-refractivity contribution in [3.63, 3.8) is 0 Å². The van der Waals surface area contributed by atoms with Crippen molar-refractivity contribution in [1.82, 2.24) is 0 Å². The molecule has 0 aromatic heterocycles. The lowest BCUT2D eigenvalue weighted by Gasteiger charge is -2.36. The zero-order valence-corrected chi connectivity index (χ0v) is 4.20. The van der Waals surface area contributed by atoms with Crippen molar-refractivity contribution in [1.29, 1.82) is 0 Å². The smallest absolute Gasteiger partial charge is 0.0937 e. The predicted molar refractivity (Wildman–Crippen MR) is 13.3 cm³/mol. The highest BCUT2D eigenvalue weighted by Crippen LogP contribution is 1.38. The molecule has 8 heavy (non-hydrogen) atoms. The van der Waals surface area contributed by atoms with Gasteiger partial charge in [-0.3, -0.25) is 0 Å². The molecule has 0 rings (SSSR count). The Hall–Kier alpha value is -0.200. The summed E-state index contributed by atoms with van der Waals surface area (Å²) in [5, 5.41) is 43.2. The normalized spacial score (nSPS) is 9.00. The van der Waals surface area contributed by atoms with E-state index >= 15 is 0 Å². The molecule has 0 bridgehead atoms. The van der Waals surface area contributed by atoms with Crippen LogP contribution in [-0.4, -0.2) is 12.8 Å². The fourth-order valence-corrected chi connectivity index (χ4v) is 0. The third-order valence-electron chi connectivity index (χ3n) is 0. The molecule has 5 heteroatoms. The van der Waals surface area contributed by atoms with E-state index in [-0.39, 0.29) is 0 Å². The van der Waals surface area contributed by atoms with Crippen molar-refractivity contribution in [3.05, 3.63) is 0 Å². The minimum Gasteiger partial charge on any atom is -0.879 e. The van der Waals surface area contributed by atoms with Gasteiger partial charge in [-0.15, -0.1) is 0 Å². The molecule has 5 nitrogen and oxygen atoms in total. The molecule has 0 amide bonds. The molecule has 0 spiro atoms. The van der Waals surface area contributed by atoms with Crippen LogP contribution >= 0.6 is 0 Å². The highest BCUT2D eigenvalue weighted by Gasteiger charge is 1.36. The Morgan fingerprint density at radius 1 is 0.875 bits per heavy atom. The van der Waals surface area contributed by atoms with Gasteiger partial charge in [0, 0.05) is 0 Å². The standard InChI is InChI=1S/C2H4O2.CHO3/c1-2(3)4;2-1(3)4/h2H,1H3;1H/q-2;-3. The van der Waals surface area contributed by atoms with Gasteiger partial charge < -0.3 is 32.0 Å². The third-order valence-corrected chi connectivity index (χ3v) is 0. The fraction of sp³-hybridized carbons (Fsp3) is 1.00. The highest BCUT2D eigenvalue weighted by atomic mass is 16.6. The van der Waals surface area contributed by atoms with Crippen LogP contribution < -0.4 is 25.5 Å². The molecule has 0 saturated carbocycles.